The first kappa shape index (κ1) is 19.6. The second-order valence-electron chi connectivity index (χ2n) is 5.27. The van der Waals surface area contributed by atoms with Crippen LogP contribution in [-0.2, 0) is 4.74 Å². The molecular formula is C15H22Cl2N2O2S. The zero-order chi connectivity index (χ0) is 15.3. The first-order valence-corrected chi connectivity index (χ1v) is 8.56. The molecule has 4 nitrogen and oxygen atoms in total. The number of ether oxygens (including phenoxy) is 1. The van der Waals surface area contributed by atoms with Gasteiger partial charge >= 0.3 is 0 Å². The number of halogens is 2. The van der Waals surface area contributed by atoms with Gasteiger partial charge in [0.05, 0.1) is 22.7 Å². The minimum absolute atomic E-state index is 0. The summed E-state index contributed by atoms with van der Waals surface area (Å²) in [6.45, 7) is 2.09. The summed E-state index contributed by atoms with van der Waals surface area (Å²) in [4.78, 5) is 13.4. The molecule has 1 atom stereocenters. The van der Waals surface area contributed by atoms with Crippen LogP contribution in [0.1, 0.15) is 23.2 Å². The number of carbonyl (C=O) groups is 1. The van der Waals surface area contributed by atoms with Crippen molar-refractivity contribution in [3.8, 4) is 0 Å². The number of amides is 1. The van der Waals surface area contributed by atoms with Crippen molar-refractivity contribution < 1.29 is 9.53 Å². The van der Waals surface area contributed by atoms with E-state index in [0.717, 1.165) is 24.3 Å². The van der Waals surface area contributed by atoms with Gasteiger partial charge in [0.25, 0.3) is 5.91 Å². The predicted octanol–water partition coefficient (Wildman–Crippen LogP) is 2.98. The topological polar surface area (TPSA) is 50.4 Å². The summed E-state index contributed by atoms with van der Waals surface area (Å²) in [5.74, 6) is -0.139. The van der Waals surface area contributed by atoms with Crippen molar-refractivity contribution in [1.29, 1.82) is 0 Å². The fourth-order valence-corrected chi connectivity index (χ4v) is 3.26. The standard InChI is InChI=1S/C15H21ClN2O2S.ClH/c1-20-10-15(6-3-7-18-15)9-17-14(19)12-8-11(21-2)4-5-13(12)16;/h4-5,8,18H,3,6-7,9-10H2,1-2H3,(H,17,19);1H. The fourth-order valence-electron chi connectivity index (χ4n) is 2.62. The summed E-state index contributed by atoms with van der Waals surface area (Å²) in [7, 11) is 1.68. The number of methoxy groups -OCH3 is 1. The monoisotopic (exact) mass is 364 g/mol. The highest BCUT2D eigenvalue weighted by molar-refractivity contribution is 7.98. The Hall–Kier alpha value is -0.460. The van der Waals surface area contributed by atoms with E-state index < -0.39 is 0 Å². The van der Waals surface area contributed by atoms with Crippen molar-refractivity contribution in [3.63, 3.8) is 0 Å². The van der Waals surface area contributed by atoms with Crippen molar-refractivity contribution in [2.45, 2.75) is 23.3 Å². The van der Waals surface area contributed by atoms with Crippen LogP contribution in [0.2, 0.25) is 5.02 Å². The molecule has 2 rings (SSSR count). The molecule has 0 saturated carbocycles. The van der Waals surface area contributed by atoms with Gasteiger partial charge in [0.15, 0.2) is 0 Å². The van der Waals surface area contributed by atoms with Gasteiger partial charge in [-0.1, -0.05) is 11.6 Å². The maximum absolute atomic E-state index is 12.4. The highest BCUT2D eigenvalue weighted by Crippen LogP contribution is 2.24. The lowest BCUT2D eigenvalue weighted by Crippen LogP contribution is -2.53. The molecule has 1 fully saturated rings. The van der Waals surface area contributed by atoms with E-state index in [-0.39, 0.29) is 23.9 Å². The van der Waals surface area contributed by atoms with Crippen LogP contribution in [0.25, 0.3) is 0 Å². The summed E-state index contributed by atoms with van der Waals surface area (Å²) in [5, 5.41) is 6.90. The van der Waals surface area contributed by atoms with Crippen LogP contribution in [0, 0.1) is 0 Å². The number of benzene rings is 1. The smallest absolute Gasteiger partial charge is 0.252 e. The maximum Gasteiger partial charge on any atom is 0.252 e. The van der Waals surface area contributed by atoms with Crippen molar-refractivity contribution in [2.24, 2.45) is 0 Å². The van der Waals surface area contributed by atoms with E-state index in [1.807, 2.05) is 18.4 Å². The molecule has 0 radical (unpaired) electrons. The Labute approximate surface area is 147 Å². The minimum Gasteiger partial charge on any atom is -0.383 e. The SMILES string of the molecule is COCC1(CNC(=O)c2cc(SC)ccc2Cl)CCCN1.Cl. The summed E-state index contributed by atoms with van der Waals surface area (Å²) in [6.07, 6.45) is 4.07. The molecule has 1 aromatic carbocycles. The van der Waals surface area contributed by atoms with Crippen molar-refractivity contribution >= 4 is 41.7 Å². The van der Waals surface area contributed by atoms with Gasteiger partial charge in [-0.2, -0.15) is 0 Å². The number of carbonyl (C=O) groups excluding carboxylic acids is 1. The lowest BCUT2D eigenvalue weighted by molar-refractivity contribution is 0.0892. The van der Waals surface area contributed by atoms with E-state index in [4.69, 9.17) is 16.3 Å². The lowest BCUT2D eigenvalue weighted by Gasteiger charge is -2.29. The fraction of sp³-hybridized carbons (Fsp3) is 0.533. The summed E-state index contributed by atoms with van der Waals surface area (Å²) in [5.41, 5.74) is 0.364. The molecule has 1 unspecified atom stereocenters. The van der Waals surface area contributed by atoms with E-state index in [9.17, 15) is 4.79 Å². The summed E-state index contributed by atoms with van der Waals surface area (Å²) in [6, 6.07) is 5.50. The lowest BCUT2D eigenvalue weighted by atomic mass is 9.98. The van der Waals surface area contributed by atoms with Crippen LogP contribution in [0.3, 0.4) is 0 Å². The number of rotatable bonds is 6. The Bertz CT molecular complexity index is 508. The van der Waals surface area contributed by atoms with Gasteiger partial charge in [-0.05, 0) is 43.8 Å². The molecule has 1 saturated heterocycles. The predicted molar refractivity (Wildman–Crippen MR) is 94.7 cm³/mol. The third-order valence-electron chi connectivity index (χ3n) is 3.76. The molecule has 1 amide bonds. The van der Waals surface area contributed by atoms with Gasteiger partial charge in [-0.25, -0.2) is 0 Å². The van der Waals surface area contributed by atoms with E-state index >= 15 is 0 Å². The second-order valence-corrected chi connectivity index (χ2v) is 6.56. The van der Waals surface area contributed by atoms with E-state index in [0.29, 0.717) is 23.7 Å². The van der Waals surface area contributed by atoms with Gasteiger partial charge in [0.2, 0.25) is 0 Å². The molecule has 1 aliphatic rings. The van der Waals surface area contributed by atoms with Crippen molar-refractivity contribution in [1.82, 2.24) is 10.6 Å². The number of nitrogens with one attached hydrogen (secondary N) is 2. The number of hydrogen-bond acceptors (Lipinski definition) is 4. The Morgan fingerprint density at radius 3 is 2.91 bits per heavy atom. The normalized spacial score (nSPS) is 20.5. The molecule has 22 heavy (non-hydrogen) atoms. The van der Waals surface area contributed by atoms with Gasteiger partial charge in [-0.15, -0.1) is 24.2 Å². The second kappa shape index (κ2) is 8.99. The molecule has 0 aromatic heterocycles. The van der Waals surface area contributed by atoms with Crippen molar-refractivity contribution in [2.75, 3.05) is 33.1 Å². The zero-order valence-corrected chi connectivity index (χ0v) is 15.2. The minimum atomic E-state index is -0.159. The first-order chi connectivity index (χ1) is 10.1. The van der Waals surface area contributed by atoms with Crippen LogP contribution in [-0.4, -0.2) is 44.5 Å². The van der Waals surface area contributed by atoms with Gasteiger partial charge in [-0.3, -0.25) is 4.79 Å². The first-order valence-electron chi connectivity index (χ1n) is 6.96. The molecule has 0 spiro atoms. The summed E-state index contributed by atoms with van der Waals surface area (Å²) >= 11 is 7.72. The molecule has 2 N–H and O–H groups in total. The molecule has 7 heteroatoms. The van der Waals surface area contributed by atoms with E-state index in [1.54, 1.807) is 24.9 Å². The highest BCUT2D eigenvalue weighted by Gasteiger charge is 2.33. The largest absolute Gasteiger partial charge is 0.383 e. The van der Waals surface area contributed by atoms with E-state index in [2.05, 4.69) is 10.6 Å². The van der Waals surface area contributed by atoms with Crippen LogP contribution in [0.4, 0.5) is 0 Å². The van der Waals surface area contributed by atoms with Crippen LogP contribution < -0.4 is 10.6 Å². The quantitative estimate of drug-likeness (QED) is 0.761. The third kappa shape index (κ3) is 4.77. The average molecular weight is 365 g/mol. The van der Waals surface area contributed by atoms with Crippen LogP contribution in [0.15, 0.2) is 23.1 Å². The zero-order valence-electron chi connectivity index (χ0n) is 12.8. The maximum atomic E-state index is 12.4. The molecule has 1 aromatic rings. The average Bonchev–Trinajstić information content (AvgIpc) is 2.95. The van der Waals surface area contributed by atoms with E-state index in [1.165, 1.54) is 0 Å². The molecule has 0 bridgehead atoms. The number of thioether (sulfide) groups is 1. The molecule has 1 heterocycles. The molecular weight excluding hydrogens is 343 g/mol. The molecule has 0 aliphatic carbocycles. The highest BCUT2D eigenvalue weighted by atomic mass is 35.5. The Morgan fingerprint density at radius 1 is 1.55 bits per heavy atom. The van der Waals surface area contributed by atoms with Gasteiger partial charge in [0.1, 0.15) is 0 Å². The van der Waals surface area contributed by atoms with Gasteiger partial charge < -0.3 is 15.4 Å². The number of hydrogen-bond donors (Lipinski definition) is 2. The van der Waals surface area contributed by atoms with Crippen LogP contribution in [0.5, 0.6) is 0 Å². The van der Waals surface area contributed by atoms with Gasteiger partial charge in [0, 0.05) is 18.6 Å². The Kier molecular flexibility index (Phi) is 8.00. The van der Waals surface area contributed by atoms with Crippen LogP contribution >= 0.6 is 35.8 Å². The summed E-state index contributed by atoms with van der Waals surface area (Å²) < 4.78 is 5.28. The Balaban J connectivity index is 0.00000242. The molecule has 1 aliphatic heterocycles. The molecule has 124 valence electrons. The van der Waals surface area contributed by atoms with Crippen molar-refractivity contribution in [3.05, 3.63) is 28.8 Å². The Morgan fingerprint density at radius 2 is 2.32 bits per heavy atom. The third-order valence-corrected chi connectivity index (χ3v) is 4.81.